The third-order valence-corrected chi connectivity index (χ3v) is 8.13. The Labute approximate surface area is 240 Å². The summed E-state index contributed by atoms with van der Waals surface area (Å²) in [4.78, 5) is 34.3. The van der Waals surface area contributed by atoms with Crippen LogP contribution in [0.4, 0.5) is 19.0 Å². The van der Waals surface area contributed by atoms with E-state index in [1.807, 2.05) is 6.07 Å². The van der Waals surface area contributed by atoms with Gasteiger partial charge in [0.1, 0.15) is 0 Å². The number of imide groups is 1. The number of benzene rings is 2. The van der Waals surface area contributed by atoms with Crippen LogP contribution in [0.2, 0.25) is 0 Å². The van der Waals surface area contributed by atoms with Gasteiger partial charge in [-0.2, -0.15) is 13.2 Å². The first kappa shape index (κ1) is 26.7. The zero-order chi connectivity index (χ0) is 28.2. The van der Waals surface area contributed by atoms with Gasteiger partial charge < -0.3 is 9.64 Å². The van der Waals surface area contributed by atoms with Crippen LogP contribution in [0.3, 0.4) is 0 Å². The molecule has 0 aliphatic carbocycles. The van der Waals surface area contributed by atoms with E-state index in [-0.39, 0.29) is 18.5 Å². The number of hydrogen-bond donors (Lipinski definition) is 0. The molecule has 8 nitrogen and oxygen atoms in total. The molecule has 2 amide bonds. The zero-order valence-electron chi connectivity index (χ0n) is 21.3. The van der Waals surface area contributed by atoms with Gasteiger partial charge in [-0.25, -0.2) is 9.50 Å². The Morgan fingerprint density at radius 3 is 2.33 bits per heavy atom. The summed E-state index contributed by atoms with van der Waals surface area (Å²) in [7, 11) is 0. The Bertz CT molecular complexity index is 1630. The lowest BCUT2D eigenvalue weighted by Crippen LogP contribution is -2.37. The van der Waals surface area contributed by atoms with E-state index in [1.165, 1.54) is 13.0 Å². The van der Waals surface area contributed by atoms with E-state index in [9.17, 15) is 22.8 Å². The second-order valence-corrected chi connectivity index (χ2v) is 10.9. The number of fused-ring (bicyclic) bond motifs is 2. The highest BCUT2D eigenvalue weighted by Crippen LogP contribution is 2.34. The number of ether oxygens (including phenoxy) is 1. The molecule has 2 aliphatic heterocycles. The molecular weight excluding hydrogens is 638 g/mol. The van der Waals surface area contributed by atoms with Crippen LogP contribution < -0.4 is 4.90 Å². The Balaban J connectivity index is 1.47. The normalized spacial score (nSPS) is 15.8. The predicted octanol–water partition coefficient (Wildman–Crippen LogP) is 4.88. The second-order valence-electron chi connectivity index (χ2n) is 9.70. The molecule has 6 rings (SSSR count). The minimum absolute atomic E-state index is 0.0745. The maximum absolute atomic E-state index is 13.7. The van der Waals surface area contributed by atoms with Gasteiger partial charge in [0, 0.05) is 19.5 Å². The monoisotopic (exact) mass is 661 g/mol. The molecule has 0 unspecified atom stereocenters. The molecule has 0 bridgehead atoms. The lowest BCUT2D eigenvalue weighted by atomic mass is 9.98. The summed E-state index contributed by atoms with van der Waals surface area (Å²) in [5, 5.41) is 4.84. The van der Waals surface area contributed by atoms with Crippen molar-refractivity contribution in [3.8, 4) is 0 Å². The summed E-state index contributed by atoms with van der Waals surface area (Å²) in [5.74, 6) is -0.182. The number of morpholine rings is 1. The van der Waals surface area contributed by atoms with Gasteiger partial charge in [0.25, 0.3) is 11.8 Å². The molecule has 1 saturated heterocycles. The molecule has 0 saturated carbocycles. The number of nitrogens with zero attached hydrogens (tertiary/aromatic N) is 5. The molecule has 4 aromatic rings. The van der Waals surface area contributed by atoms with Crippen molar-refractivity contribution in [2.75, 3.05) is 31.2 Å². The Hall–Kier alpha value is -3.52. The molecule has 0 atom stereocenters. The fourth-order valence-corrected chi connectivity index (χ4v) is 5.83. The average Bonchev–Trinajstić information content (AvgIpc) is 3.40. The minimum atomic E-state index is -4.50. The van der Waals surface area contributed by atoms with Crippen LogP contribution in [-0.2, 0) is 23.9 Å². The fraction of sp³-hybridized carbons (Fsp3) is 0.286. The quantitative estimate of drug-likeness (QED) is 0.224. The number of alkyl halides is 3. The summed E-state index contributed by atoms with van der Waals surface area (Å²) in [5.41, 5.74) is 1.89. The van der Waals surface area contributed by atoms with Crippen LogP contribution in [0.15, 0.2) is 48.5 Å². The number of hydrogen-bond acceptors (Lipinski definition) is 6. The third kappa shape index (κ3) is 4.62. The maximum atomic E-state index is 13.7. The van der Waals surface area contributed by atoms with Gasteiger partial charge in [0.2, 0.25) is 0 Å². The van der Waals surface area contributed by atoms with Gasteiger partial charge in [0.15, 0.2) is 11.5 Å². The van der Waals surface area contributed by atoms with Crippen LogP contribution in [0.1, 0.15) is 48.8 Å². The molecule has 0 spiro atoms. The molecule has 2 aliphatic rings. The highest BCUT2D eigenvalue weighted by atomic mass is 127. The fourth-order valence-electron chi connectivity index (χ4n) is 5.21. The smallest absolute Gasteiger partial charge is 0.378 e. The SMILES string of the molecule is Cc1c(Cc2c(CN3C(=O)c4ccccc4C3=O)nc3c(I)cc(N4CCOCC4)nn23)cccc1C(F)(F)F. The van der Waals surface area contributed by atoms with Gasteiger partial charge in [-0.1, -0.05) is 24.3 Å². The summed E-state index contributed by atoms with van der Waals surface area (Å²) < 4.78 is 49.0. The van der Waals surface area contributed by atoms with Gasteiger partial charge >= 0.3 is 6.18 Å². The molecule has 0 N–H and O–H groups in total. The van der Waals surface area contributed by atoms with Crippen LogP contribution >= 0.6 is 22.6 Å². The van der Waals surface area contributed by atoms with Crippen LogP contribution in [0, 0.1) is 10.5 Å². The number of carbonyl (C=O) groups is 2. The first-order valence-corrected chi connectivity index (χ1v) is 13.7. The lowest BCUT2D eigenvalue weighted by molar-refractivity contribution is -0.138. The van der Waals surface area contributed by atoms with E-state index < -0.39 is 23.6 Å². The van der Waals surface area contributed by atoms with Gasteiger partial charge in [0.05, 0.1) is 51.4 Å². The minimum Gasteiger partial charge on any atom is -0.378 e. The zero-order valence-corrected chi connectivity index (χ0v) is 23.5. The summed E-state index contributed by atoms with van der Waals surface area (Å²) in [6, 6.07) is 12.6. The van der Waals surface area contributed by atoms with E-state index >= 15 is 0 Å². The van der Waals surface area contributed by atoms with Crippen molar-refractivity contribution in [1.82, 2.24) is 19.5 Å². The molecule has 2 aromatic carbocycles. The molecule has 0 radical (unpaired) electrons. The van der Waals surface area contributed by atoms with E-state index in [0.29, 0.717) is 65.8 Å². The second kappa shape index (κ2) is 10.1. The summed E-state index contributed by atoms with van der Waals surface area (Å²) >= 11 is 2.16. The van der Waals surface area contributed by atoms with Crippen molar-refractivity contribution in [2.24, 2.45) is 0 Å². The van der Waals surface area contributed by atoms with Crippen molar-refractivity contribution in [2.45, 2.75) is 26.1 Å². The van der Waals surface area contributed by atoms with Crippen LogP contribution in [0.5, 0.6) is 0 Å². The topological polar surface area (TPSA) is 80.0 Å². The number of aromatic nitrogens is 3. The predicted molar refractivity (Wildman–Crippen MR) is 148 cm³/mol. The number of amides is 2. The largest absolute Gasteiger partial charge is 0.416 e. The Kier molecular flexibility index (Phi) is 6.77. The molecular formula is C28H23F3IN5O3. The Morgan fingerprint density at radius 1 is 1.00 bits per heavy atom. The van der Waals surface area contributed by atoms with Crippen LogP contribution in [0.25, 0.3) is 5.65 Å². The van der Waals surface area contributed by atoms with E-state index in [1.54, 1.807) is 34.8 Å². The van der Waals surface area contributed by atoms with Gasteiger partial charge in [-0.15, -0.1) is 5.10 Å². The summed E-state index contributed by atoms with van der Waals surface area (Å²) in [6.45, 7) is 3.72. The highest BCUT2D eigenvalue weighted by molar-refractivity contribution is 14.1. The van der Waals surface area contributed by atoms with Crippen molar-refractivity contribution >= 4 is 45.9 Å². The number of halogens is 4. The highest BCUT2D eigenvalue weighted by Gasteiger charge is 2.37. The van der Waals surface area contributed by atoms with Crippen molar-refractivity contribution < 1.29 is 27.5 Å². The maximum Gasteiger partial charge on any atom is 0.416 e. The van der Waals surface area contributed by atoms with Crippen molar-refractivity contribution in [3.05, 3.63) is 91.3 Å². The summed E-state index contributed by atoms with van der Waals surface area (Å²) in [6.07, 6.45) is -4.43. The molecule has 4 heterocycles. The molecule has 40 heavy (non-hydrogen) atoms. The van der Waals surface area contributed by atoms with Gasteiger partial charge in [-0.05, 0) is 64.9 Å². The third-order valence-electron chi connectivity index (χ3n) is 7.33. The lowest BCUT2D eigenvalue weighted by Gasteiger charge is -2.27. The van der Waals surface area contributed by atoms with E-state index in [2.05, 4.69) is 27.5 Å². The first-order chi connectivity index (χ1) is 19.1. The number of rotatable bonds is 5. The standard InChI is InChI=1S/C28H23F3IN5O3/c1-16-17(5-4-8-20(16)28(29,30)31)13-23-22(15-36-26(38)18-6-2-3-7-19(18)27(36)39)33-25-21(32)14-24(34-37(23)25)35-9-11-40-12-10-35/h2-8,14H,9-13,15H2,1H3. The van der Waals surface area contributed by atoms with E-state index in [0.717, 1.165) is 14.5 Å². The van der Waals surface area contributed by atoms with Crippen molar-refractivity contribution in [3.63, 3.8) is 0 Å². The Morgan fingerprint density at radius 2 is 1.68 bits per heavy atom. The number of imidazole rings is 1. The van der Waals surface area contributed by atoms with Gasteiger partial charge in [-0.3, -0.25) is 14.5 Å². The average molecular weight is 661 g/mol. The first-order valence-electron chi connectivity index (χ1n) is 12.6. The molecule has 12 heteroatoms. The number of anilines is 1. The van der Waals surface area contributed by atoms with Crippen molar-refractivity contribution in [1.29, 1.82) is 0 Å². The molecule has 206 valence electrons. The van der Waals surface area contributed by atoms with Crippen LogP contribution in [-0.4, -0.2) is 57.6 Å². The number of carbonyl (C=O) groups excluding carboxylic acids is 2. The molecule has 1 fully saturated rings. The molecule has 2 aromatic heterocycles. The van der Waals surface area contributed by atoms with E-state index in [4.69, 9.17) is 14.8 Å².